The van der Waals surface area contributed by atoms with Crippen LogP contribution < -0.4 is 10.1 Å². The van der Waals surface area contributed by atoms with Gasteiger partial charge in [0.2, 0.25) is 0 Å². The van der Waals surface area contributed by atoms with Crippen LogP contribution in [0.15, 0.2) is 59.1 Å². The summed E-state index contributed by atoms with van der Waals surface area (Å²) in [5.74, 6) is 0.829. The summed E-state index contributed by atoms with van der Waals surface area (Å²) in [6, 6.07) is 17.0. The first-order valence-electron chi connectivity index (χ1n) is 13.3. The van der Waals surface area contributed by atoms with E-state index in [1.165, 1.54) is 0 Å². The van der Waals surface area contributed by atoms with Crippen molar-refractivity contribution in [2.24, 2.45) is 11.3 Å². The molecule has 8 heteroatoms. The molecule has 2 heterocycles. The molecule has 0 radical (unpaired) electrons. The molecule has 4 aromatic rings. The van der Waals surface area contributed by atoms with E-state index in [1.54, 1.807) is 20.1 Å². The summed E-state index contributed by atoms with van der Waals surface area (Å²) in [4.78, 5) is 31.2. The molecule has 40 heavy (non-hydrogen) atoms. The largest absolute Gasteiger partial charge is 0.497 e. The number of methoxy groups -OCH3 is 1. The number of benzene rings is 2. The number of nitrogens with one attached hydrogen (secondary N) is 1. The number of hydrogen-bond donors (Lipinski definition) is 1. The Kier molecular flexibility index (Phi) is 7.43. The van der Waals surface area contributed by atoms with Crippen LogP contribution in [0, 0.1) is 18.3 Å². The average Bonchev–Trinajstić information content (AvgIpc) is 3.34. The number of hydrogen-bond acceptors (Lipinski definition) is 7. The molecule has 0 saturated carbocycles. The lowest BCUT2D eigenvalue weighted by Crippen LogP contribution is -2.29. The number of aryl methyl sites for hydroxylation is 1. The van der Waals surface area contributed by atoms with Crippen LogP contribution >= 0.6 is 0 Å². The minimum atomic E-state index is -0.556. The Morgan fingerprint density at radius 2 is 1.85 bits per heavy atom. The Bertz CT molecular complexity index is 1600. The molecule has 206 valence electrons. The number of nitrogens with zero attached hydrogens (tertiary/aromatic N) is 2. The van der Waals surface area contributed by atoms with E-state index in [4.69, 9.17) is 19.0 Å². The van der Waals surface area contributed by atoms with E-state index in [1.807, 2.05) is 48.5 Å². The Labute approximate surface area is 233 Å². The van der Waals surface area contributed by atoms with Gasteiger partial charge in [0, 0.05) is 11.5 Å². The quantitative estimate of drug-likeness (QED) is 0.280. The van der Waals surface area contributed by atoms with Gasteiger partial charge in [-0.3, -0.25) is 4.79 Å². The number of fused-ring (bicyclic) bond motifs is 2. The molecule has 1 amide bonds. The van der Waals surface area contributed by atoms with E-state index in [0.29, 0.717) is 28.6 Å². The highest BCUT2D eigenvalue weighted by atomic mass is 16.5. The number of carbonyl (C=O) groups excluding carboxylic acids is 2. The summed E-state index contributed by atoms with van der Waals surface area (Å²) >= 11 is 0. The van der Waals surface area contributed by atoms with Gasteiger partial charge in [-0.25, -0.2) is 9.78 Å². The van der Waals surface area contributed by atoms with Gasteiger partial charge in [0.1, 0.15) is 11.5 Å². The zero-order valence-corrected chi connectivity index (χ0v) is 23.4. The van der Waals surface area contributed by atoms with Crippen LogP contribution in [0.1, 0.15) is 60.1 Å². The molecule has 1 N–H and O–H groups in total. The average molecular weight is 540 g/mol. The number of amides is 1. The van der Waals surface area contributed by atoms with Crippen molar-refractivity contribution in [1.29, 1.82) is 0 Å². The van der Waals surface area contributed by atoms with Gasteiger partial charge < -0.3 is 19.3 Å². The van der Waals surface area contributed by atoms with Gasteiger partial charge in [0.25, 0.3) is 5.91 Å². The van der Waals surface area contributed by atoms with E-state index < -0.39 is 18.5 Å². The fourth-order valence-electron chi connectivity index (χ4n) is 5.08. The number of ether oxygens (including phenoxy) is 2. The van der Waals surface area contributed by atoms with Gasteiger partial charge in [-0.2, -0.15) is 0 Å². The maximum absolute atomic E-state index is 13.7. The lowest BCUT2D eigenvalue weighted by Gasteiger charge is -2.36. The minimum absolute atomic E-state index is 0.0148. The molecule has 0 fully saturated rings. The molecule has 0 spiro atoms. The van der Waals surface area contributed by atoms with E-state index in [0.717, 1.165) is 34.6 Å². The third kappa shape index (κ3) is 5.76. The Balaban J connectivity index is 1.55. The molecule has 2 aromatic carbocycles. The van der Waals surface area contributed by atoms with Gasteiger partial charge in [-0.1, -0.05) is 56.3 Å². The third-order valence-electron chi connectivity index (χ3n) is 7.33. The number of esters is 1. The van der Waals surface area contributed by atoms with E-state index in [2.05, 4.69) is 37.3 Å². The monoisotopic (exact) mass is 539 g/mol. The smallest absolute Gasteiger partial charge is 0.339 e. The number of carbonyl (C=O) groups is 2. The lowest BCUT2D eigenvalue weighted by molar-refractivity contribution is -0.119. The van der Waals surface area contributed by atoms with Gasteiger partial charge in [0.15, 0.2) is 12.4 Å². The summed E-state index contributed by atoms with van der Waals surface area (Å²) in [6.45, 7) is 7.93. The molecule has 0 unspecified atom stereocenters. The predicted octanol–water partition coefficient (Wildman–Crippen LogP) is 6.48. The Hall–Kier alpha value is -4.46. The van der Waals surface area contributed by atoms with Crippen molar-refractivity contribution < 1.29 is 23.6 Å². The van der Waals surface area contributed by atoms with Crippen molar-refractivity contribution in [3.8, 4) is 5.75 Å². The van der Waals surface area contributed by atoms with E-state index >= 15 is 0 Å². The van der Waals surface area contributed by atoms with Crippen molar-refractivity contribution in [2.45, 2.75) is 40.5 Å². The SMILES string of the molecule is COc1ccc(/C=C2/C[C@H](C(C)(C)C)Cc3c2nc2ccccc2c3C(=O)OCC(=O)Nc2cc(C)on2)cc1. The summed E-state index contributed by atoms with van der Waals surface area (Å²) in [5, 5.41) is 7.05. The standard InChI is InChI=1S/C32H33N3O5/c1-19-14-27(35-40-19)34-28(36)18-39-31(37)29-24-8-6-7-9-26(24)33-30-21(15-20-10-12-23(38-5)13-11-20)16-22(17-25(29)30)32(2,3)4/h6-15,22H,16-18H2,1-5H3,(H,34,35,36)/b21-15-/t22-/m0/s1. The summed E-state index contributed by atoms with van der Waals surface area (Å²) in [6.07, 6.45) is 3.63. The summed E-state index contributed by atoms with van der Waals surface area (Å²) in [7, 11) is 1.65. The fourth-order valence-corrected chi connectivity index (χ4v) is 5.08. The highest BCUT2D eigenvalue weighted by Gasteiger charge is 2.35. The van der Waals surface area contributed by atoms with Crippen molar-refractivity contribution in [1.82, 2.24) is 10.1 Å². The van der Waals surface area contributed by atoms with E-state index in [9.17, 15) is 9.59 Å². The molecule has 5 rings (SSSR count). The Morgan fingerprint density at radius 1 is 1.10 bits per heavy atom. The van der Waals surface area contributed by atoms with Crippen LogP contribution in [0.25, 0.3) is 22.6 Å². The molecular weight excluding hydrogens is 506 g/mol. The van der Waals surface area contributed by atoms with Crippen LogP contribution in [-0.4, -0.2) is 35.7 Å². The zero-order chi connectivity index (χ0) is 28.4. The van der Waals surface area contributed by atoms with Crippen molar-refractivity contribution in [2.75, 3.05) is 19.0 Å². The van der Waals surface area contributed by atoms with Gasteiger partial charge in [-0.05, 0) is 72.1 Å². The molecule has 0 saturated heterocycles. The molecule has 0 aliphatic heterocycles. The number of allylic oxidation sites excluding steroid dienone is 1. The fraction of sp³-hybridized carbons (Fsp3) is 0.312. The van der Waals surface area contributed by atoms with Crippen LogP contribution in [0.4, 0.5) is 5.82 Å². The number of para-hydroxylation sites is 1. The van der Waals surface area contributed by atoms with Crippen LogP contribution in [-0.2, 0) is 16.0 Å². The number of rotatable bonds is 6. The molecule has 2 aromatic heterocycles. The first kappa shape index (κ1) is 27.1. The van der Waals surface area contributed by atoms with Crippen LogP contribution in [0.3, 0.4) is 0 Å². The predicted molar refractivity (Wildman–Crippen MR) is 154 cm³/mol. The first-order valence-corrected chi connectivity index (χ1v) is 13.3. The highest BCUT2D eigenvalue weighted by molar-refractivity contribution is 6.07. The molecule has 0 bridgehead atoms. The molecule has 8 nitrogen and oxygen atoms in total. The second-order valence-electron chi connectivity index (χ2n) is 11.2. The summed E-state index contributed by atoms with van der Waals surface area (Å²) < 4.78 is 15.9. The summed E-state index contributed by atoms with van der Waals surface area (Å²) in [5.41, 5.74) is 4.87. The number of aromatic nitrogens is 2. The van der Waals surface area contributed by atoms with Gasteiger partial charge in [0.05, 0.1) is 23.9 Å². The van der Waals surface area contributed by atoms with Crippen LogP contribution in [0.5, 0.6) is 5.75 Å². The topological polar surface area (TPSA) is 104 Å². The molecule has 1 atom stereocenters. The zero-order valence-electron chi connectivity index (χ0n) is 23.4. The first-order chi connectivity index (χ1) is 19.1. The van der Waals surface area contributed by atoms with Crippen molar-refractivity contribution in [3.05, 3.63) is 82.7 Å². The minimum Gasteiger partial charge on any atom is -0.497 e. The molecule has 1 aliphatic carbocycles. The van der Waals surface area contributed by atoms with Crippen molar-refractivity contribution >= 4 is 40.2 Å². The second kappa shape index (κ2) is 11.0. The van der Waals surface area contributed by atoms with Crippen molar-refractivity contribution in [3.63, 3.8) is 0 Å². The normalized spacial score (nSPS) is 16.0. The third-order valence-corrected chi connectivity index (χ3v) is 7.33. The molecular formula is C32H33N3O5. The van der Waals surface area contributed by atoms with Gasteiger partial charge >= 0.3 is 5.97 Å². The highest BCUT2D eigenvalue weighted by Crippen LogP contribution is 2.45. The maximum atomic E-state index is 13.7. The van der Waals surface area contributed by atoms with E-state index in [-0.39, 0.29) is 17.2 Å². The Morgan fingerprint density at radius 3 is 2.52 bits per heavy atom. The second-order valence-corrected chi connectivity index (χ2v) is 11.2. The molecule has 1 aliphatic rings. The van der Waals surface area contributed by atoms with Gasteiger partial charge in [-0.15, -0.1) is 0 Å². The number of anilines is 1. The van der Waals surface area contributed by atoms with Crippen LogP contribution in [0.2, 0.25) is 0 Å². The number of pyridine rings is 1. The lowest BCUT2D eigenvalue weighted by atomic mass is 9.69. The maximum Gasteiger partial charge on any atom is 0.339 e.